The van der Waals surface area contributed by atoms with Crippen molar-refractivity contribution in [2.45, 2.75) is 13.1 Å². The minimum atomic E-state index is 0.313. The summed E-state index contributed by atoms with van der Waals surface area (Å²) < 4.78 is 16.2. The van der Waals surface area contributed by atoms with Crippen LogP contribution < -0.4 is 14.8 Å². The van der Waals surface area contributed by atoms with Crippen LogP contribution in [0, 0.1) is 0 Å². The van der Waals surface area contributed by atoms with E-state index in [9.17, 15) is 0 Å². The first-order valence-corrected chi connectivity index (χ1v) is 6.94. The van der Waals surface area contributed by atoms with Gasteiger partial charge in [0, 0.05) is 24.0 Å². The molecule has 2 heterocycles. The van der Waals surface area contributed by atoms with Gasteiger partial charge in [-0.05, 0) is 23.8 Å². The smallest absolute Gasteiger partial charge is 0.231 e. The molecule has 0 amide bonds. The van der Waals surface area contributed by atoms with Gasteiger partial charge in [0.15, 0.2) is 11.5 Å². The minimum Gasteiger partial charge on any atom is -0.464 e. The molecule has 0 saturated heterocycles. The van der Waals surface area contributed by atoms with Gasteiger partial charge in [-0.2, -0.15) is 0 Å². The van der Waals surface area contributed by atoms with Gasteiger partial charge in [0.2, 0.25) is 6.79 Å². The third-order valence-electron chi connectivity index (χ3n) is 3.64. The van der Waals surface area contributed by atoms with Crippen LogP contribution >= 0.6 is 0 Å². The Morgan fingerprint density at radius 1 is 0.952 bits per heavy atom. The normalized spacial score (nSPS) is 13.0. The van der Waals surface area contributed by atoms with E-state index in [1.807, 2.05) is 42.7 Å². The Hall–Kier alpha value is -2.46. The molecule has 0 radical (unpaired) electrons. The molecule has 0 aliphatic carbocycles. The fourth-order valence-electron chi connectivity index (χ4n) is 2.56. The Labute approximate surface area is 122 Å². The molecule has 2 aromatic carbocycles. The number of para-hydroxylation sites is 1. The number of fused-ring (bicyclic) bond motifs is 2. The molecule has 0 atom stereocenters. The quantitative estimate of drug-likeness (QED) is 0.795. The highest BCUT2D eigenvalue weighted by atomic mass is 16.7. The van der Waals surface area contributed by atoms with Gasteiger partial charge in [-0.3, -0.25) is 0 Å². The van der Waals surface area contributed by atoms with E-state index in [1.165, 1.54) is 11.1 Å². The van der Waals surface area contributed by atoms with Crippen LogP contribution in [0.25, 0.3) is 11.0 Å². The summed E-state index contributed by atoms with van der Waals surface area (Å²) in [7, 11) is 0. The summed E-state index contributed by atoms with van der Waals surface area (Å²) in [5, 5.41) is 4.59. The fourth-order valence-corrected chi connectivity index (χ4v) is 2.56. The van der Waals surface area contributed by atoms with Crippen LogP contribution in [0.2, 0.25) is 0 Å². The zero-order valence-electron chi connectivity index (χ0n) is 11.5. The van der Waals surface area contributed by atoms with Gasteiger partial charge in [0.1, 0.15) is 5.58 Å². The van der Waals surface area contributed by atoms with Gasteiger partial charge in [-0.25, -0.2) is 0 Å². The highest BCUT2D eigenvalue weighted by molar-refractivity contribution is 5.80. The predicted octanol–water partition coefficient (Wildman–Crippen LogP) is 3.45. The maximum absolute atomic E-state index is 5.54. The van der Waals surface area contributed by atoms with E-state index in [0.29, 0.717) is 6.79 Å². The number of furan rings is 1. The largest absolute Gasteiger partial charge is 0.464 e. The first-order valence-electron chi connectivity index (χ1n) is 6.94. The van der Waals surface area contributed by atoms with Crippen LogP contribution in [0.5, 0.6) is 11.5 Å². The molecular weight excluding hydrogens is 266 g/mol. The van der Waals surface area contributed by atoms with Gasteiger partial charge < -0.3 is 19.2 Å². The molecule has 4 nitrogen and oxygen atoms in total. The topological polar surface area (TPSA) is 43.6 Å². The first-order chi connectivity index (χ1) is 10.4. The van der Waals surface area contributed by atoms with Crippen molar-refractivity contribution in [1.82, 2.24) is 5.32 Å². The predicted molar refractivity (Wildman–Crippen MR) is 79.3 cm³/mol. The molecule has 21 heavy (non-hydrogen) atoms. The lowest BCUT2D eigenvalue weighted by Gasteiger charge is -2.05. The van der Waals surface area contributed by atoms with E-state index in [-0.39, 0.29) is 0 Å². The second kappa shape index (κ2) is 5.14. The summed E-state index contributed by atoms with van der Waals surface area (Å²) in [6.07, 6.45) is 1.82. The molecular formula is C17H15NO3. The summed E-state index contributed by atoms with van der Waals surface area (Å²) in [4.78, 5) is 0. The van der Waals surface area contributed by atoms with Crippen LogP contribution in [-0.2, 0) is 13.1 Å². The Bertz CT molecular complexity index is 779. The highest BCUT2D eigenvalue weighted by Gasteiger charge is 2.13. The third kappa shape index (κ3) is 2.34. The number of benzene rings is 2. The molecule has 1 aliphatic rings. The van der Waals surface area contributed by atoms with Crippen LogP contribution in [0.1, 0.15) is 11.1 Å². The SMILES string of the molecule is c1ccc2c(CNCc3ccc4c(c3)OCO4)coc2c1. The fraction of sp³-hybridized carbons (Fsp3) is 0.176. The molecule has 0 spiro atoms. The Morgan fingerprint density at radius 2 is 1.86 bits per heavy atom. The van der Waals surface area contributed by atoms with Crippen molar-refractivity contribution in [2.75, 3.05) is 6.79 Å². The van der Waals surface area contributed by atoms with Gasteiger partial charge in [-0.15, -0.1) is 0 Å². The number of rotatable bonds is 4. The number of ether oxygens (including phenoxy) is 2. The van der Waals surface area contributed by atoms with E-state index in [4.69, 9.17) is 13.9 Å². The van der Waals surface area contributed by atoms with Crippen molar-refractivity contribution in [3.8, 4) is 11.5 Å². The van der Waals surface area contributed by atoms with Crippen LogP contribution in [0.15, 0.2) is 53.1 Å². The van der Waals surface area contributed by atoms with Crippen molar-refractivity contribution < 1.29 is 13.9 Å². The second-order valence-corrected chi connectivity index (χ2v) is 5.05. The lowest BCUT2D eigenvalue weighted by atomic mass is 10.1. The van der Waals surface area contributed by atoms with E-state index in [0.717, 1.165) is 35.6 Å². The first kappa shape index (κ1) is 12.3. The van der Waals surface area contributed by atoms with Gasteiger partial charge in [-0.1, -0.05) is 24.3 Å². The molecule has 1 aromatic heterocycles. The van der Waals surface area contributed by atoms with E-state index in [2.05, 4.69) is 11.4 Å². The summed E-state index contributed by atoms with van der Waals surface area (Å²) in [6.45, 7) is 1.86. The Balaban J connectivity index is 1.43. The summed E-state index contributed by atoms with van der Waals surface area (Å²) in [6, 6.07) is 14.1. The Morgan fingerprint density at radius 3 is 2.86 bits per heavy atom. The maximum Gasteiger partial charge on any atom is 0.231 e. The van der Waals surface area contributed by atoms with Crippen LogP contribution in [0.4, 0.5) is 0 Å². The van der Waals surface area contributed by atoms with Crippen molar-refractivity contribution >= 4 is 11.0 Å². The lowest BCUT2D eigenvalue weighted by Crippen LogP contribution is -2.12. The summed E-state index contributed by atoms with van der Waals surface area (Å²) in [5.41, 5.74) is 3.27. The molecule has 4 rings (SSSR count). The summed E-state index contributed by atoms with van der Waals surface area (Å²) >= 11 is 0. The van der Waals surface area contributed by atoms with Gasteiger partial charge in [0.05, 0.1) is 6.26 Å². The van der Waals surface area contributed by atoms with Gasteiger partial charge in [0.25, 0.3) is 0 Å². The maximum atomic E-state index is 5.54. The average Bonchev–Trinajstić information content (AvgIpc) is 3.14. The van der Waals surface area contributed by atoms with E-state index >= 15 is 0 Å². The lowest BCUT2D eigenvalue weighted by molar-refractivity contribution is 0.174. The van der Waals surface area contributed by atoms with E-state index < -0.39 is 0 Å². The second-order valence-electron chi connectivity index (χ2n) is 5.05. The highest BCUT2D eigenvalue weighted by Crippen LogP contribution is 2.32. The molecule has 3 aromatic rings. The van der Waals surface area contributed by atoms with Crippen molar-refractivity contribution in [1.29, 1.82) is 0 Å². The molecule has 4 heteroatoms. The molecule has 0 fully saturated rings. The summed E-state index contributed by atoms with van der Waals surface area (Å²) in [5.74, 6) is 1.64. The number of nitrogens with one attached hydrogen (secondary N) is 1. The average molecular weight is 281 g/mol. The number of hydrogen-bond donors (Lipinski definition) is 1. The Kier molecular flexibility index (Phi) is 3.01. The molecule has 0 saturated carbocycles. The molecule has 0 unspecified atom stereocenters. The zero-order chi connectivity index (χ0) is 14.1. The third-order valence-corrected chi connectivity index (χ3v) is 3.64. The van der Waals surface area contributed by atoms with Crippen LogP contribution in [0.3, 0.4) is 0 Å². The van der Waals surface area contributed by atoms with Crippen molar-refractivity contribution in [3.05, 3.63) is 59.9 Å². The van der Waals surface area contributed by atoms with E-state index in [1.54, 1.807) is 0 Å². The molecule has 1 N–H and O–H groups in total. The van der Waals surface area contributed by atoms with Crippen molar-refractivity contribution in [3.63, 3.8) is 0 Å². The zero-order valence-corrected chi connectivity index (χ0v) is 11.5. The van der Waals surface area contributed by atoms with Gasteiger partial charge >= 0.3 is 0 Å². The molecule has 1 aliphatic heterocycles. The van der Waals surface area contributed by atoms with Crippen molar-refractivity contribution in [2.24, 2.45) is 0 Å². The number of hydrogen-bond acceptors (Lipinski definition) is 4. The molecule has 106 valence electrons. The standard InChI is InChI=1S/C17H15NO3/c1-2-4-15-14(3-1)13(10-19-15)9-18-8-12-5-6-16-17(7-12)21-11-20-16/h1-7,10,18H,8-9,11H2. The molecule has 0 bridgehead atoms. The monoisotopic (exact) mass is 281 g/mol. The van der Waals surface area contributed by atoms with Crippen LogP contribution in [-0.4, -0.2) is 6.79 Å². The minimum absolute atomic E-state index is 0.313.